The molecule has 0 aliphatic carbocycles. The molecule has 0 amide bonds. The summed E-state index contributed by atoms with van der Waals surface area (Å²) in [5, 5.41) is 10.9. The fourth-order valence-electron chi connectivity index (χ4n) is 1.39. The second-order valence-corrected chi connectivity index (χ2v) is 3.51. The molecule has 0 radical (unpaired) electrons. The molecule has 0 fully saturated rings. The maximum Gasteiger partial charge on any atom is 0.277 e. The largest absolute Gasteiger partial charge is 0.497 e. The van der Waals surface area contributed by atoms with Crippen molar-refractivity contribution in [1.82, 2.24) is 0 Å². The number of nitro benzene ring substituents is 1. The first-order valence-corrected chi connectivity index (χ1v) is 4.80. The van der Waals surface area contributed by atoms with E-state index in [-0.39, 0.29) is 11.5 Å². The third-order valence-electron chi connectivity index (χ3n) is 2.51. The van der Waals surface area contributed by atoms with E-state index in [4.69, 9.17) is 4.74 Å². The van der Waals surface area contributed by atoms with E-state index in [0.717, 1.165) is 0 Å². The Morgan fingerprint density at radius 3 is 2.56 bits per heavy atom. The van der Waals surface area contributed by atoms with Gasteiger partial charge in [-0.25, -0.2) is 0 Å². The molecule has 1 aromatic carbocycles. The van der Waals surface area contributed by atoms with Crippen LogP contribution < -0.4 is 4.74 Å². The van der Waals surface area contributed by atoms with Gasteiger partial charge in [0.25, 0.3) is 5.69 Å². The predicted octanol–water partition coefficient (Wildman–Crippen LogP) is 2.30. The van der Waals surface area contributed by atoms with Crippen LogP contribution in [0.4, 0.5) is 5.69 Å². The van der Waals surface area contributed by atoms with Crippen LogP contribution in [0, 0.1) is 10.1 Å². The number of benzene rings is 1. The third-order valence-corrected chi connectivity index (χ3v) is 2.51. The number of nitrogens with zero attached hydrogens (tertiary/aromatic N) is 1. The SMILES string of the molecule is COc1ccc(C(C)C(C)=O)c([N+](=O)[O-])c1. The van der Waals surface area contributed by atoms with Gasteiger partial charge in [-0.15, -0.1) is 0 Å². The van der Waals surface area contributed by atoms with Crippen molar-refractivity contribution in [2.75, 3.05) is 7.11 Å². The first kappa shape index (κ1) is 12.2. The van der Waals surface area contributed by atoms with E-state index >= 15 is 0 Å². The number of ketones is 1. The highest BCUT2D eigenvalue weighted by Crippen LogP contribution is 2.30. The molecule has 1 rings (SSSR count). The zero-order valence-corrected chi connectivity index (χ0v) is 9.39. The van der Waals surface area contributed by atoms with E-state index < -0.39 is 10.8 Å². The topological polar surface area (TPSA) is 69.4 Å². The van der Waals surface area contributed by atoms with Gasteiger partial charge < -0.3 is 4.74 Å². The molecule has 16 heavy (non-hydrogen) atoms. The number of methoxy groups -OCH3 is 1. The van der Waals surface area contributed by atoms with Crippen molar-refractivity contribution in [3.05, 3.63) is 33.9 Å². The van der Waals surface area contributed by atoms with Crippen LogP contribution in [-0.4, -0.2) is 17.8 Å². The fourth-order valence-corrected chi connectivity index (χ4v) is 1.39. The second-order valence-electron chi connectivity index (χ2n) is 3.51. The first-order valence-electron chi connectivity index (χ1n) is 4.80. The highest BCUT2D eigenvalue weighted by atomic mass is 16.6. The van der Waals surface area contributed by atoms with Crippen LogP contribution in [0.15, 0.2) is 18.2 Å². The van der Waals surface area contributed by atoms with E-state index in [1.165, 1.54) is 20.1 Å². The van der Waals surface area contributed by atoms with Crippen LogP contribution in [-0.2, 0) is 4.79 Å². The molecule has 5 heteroatoms. The highest BCUT2D eigenvalue weighted by Gasteiger charge is 2.22. The van der Waals surface area contributed by atoms with E-state index in [1.54, 1.807) is 19.1 Å². The first-order chi connectivity index (χ1) is 7.47. The van der Waals surface area contributed by atoms with E-state index in [9.17, 15) is 14.9 Å². The van der Waals surface area contributed by atoms with Crippen LogP contribution in [0.25, 0.3) is 0 Å². The highest BCUT2D eigenvalue weighted by molar-refractivity contribution is 5.84. The molecule has 86 valence electrons. The van der Waals surface area contributed by atoms with Gasteiger partial charge in [0, 0.05) is 11.5 Å². The van der Waals surface area contributed by atoms with E-state index in [1.807, 2.05) is 0 Å². The van der Waals surface area contributed by atoms with Crippen molar-refractivity contribution in [1.29, 1.82) is 0 Å². The van der Waals surface area contributed by atoms with Crippen molar-refractivity contribution in [2.24, 2.45) is 0 Å². The minimum Gasteiger partial charge on any atom is -0.497 e. The Bertz CT molecular complexity index is 428. The lowest BCUT2D eigenvalue weighted by Gasteiger charge is -2.09. The van der Waals surface area contributed by atoms with Crippen molar-refractivity contribution in [3.8, 4) is 5.75 Å². The molecule has 0 N–H and O–H groups in total. The molecule has 1 unspecified atom stereocenters. The number of carbonyl (C=O) groups is 1. The van der Waals surface area contributed by atoms with Crippen LogP contribution in [0.5, 0.6) is 5.75 Å². The average molecular weight is 223 g/mol. The van der Waals surface area contributed by atoms with Crippen LogP contribution in [0.2, 0.25) is 0 Å². The molecular weight excluding hydrogens is 210 g/mol. The van der Waals surface area contributed by atoms with Gasteiger partial charge in [-0.1, -0.05) is 6.92 Å². The zero-order chi connectivity index (χ0) is 12.3. The van der Waals surface area contributed by atoms with Crippen molar-refractivity contribution in [2.45, 2.75) is 19.8 Å². The Morgan fingerprint density at radius 2 is 2.12 bits per heavy atom. The Labute approximate surface area is 93.2 Å². The number of Topliss-reactive ketones (excluding diaryl/α,β-unsaturated/α-hetero) is 1. The summed E-state index contributed by atoms with van der Waals surface area (Å²) in [6, 6.07) is 4.50. The Hall–Kier alpha value is -1.91. The van der Waals surface area contributed by atoms with Gasteiger partial charge in [0.2, 0.25) is 0 Å². The lowest BCUT2D eigenvalue weighted by molar-refractivity contribution is -0.385. The number of hydrogen-bond donors (Lipinski definition) is 0. The van der Waals surface area contributed by atoms with Crippen LogP contribution in [0.1, 0.15) is 25.3 Å². The van der Waals surface area contributed by atoms with Gasteiger partial charge >= 0.3 is 0 Å². The van der Waals surface area contributed by atoms with Crippen molar-refractivity contribution >= 4 is 11.5 Å². The number of hydrogen-bond acceptors (Lipinski definition) is 4. The summed E-state index contributed by atoms with van der Waals surface area (Å²) in [6.45, 7) is 3.07. The van der Waals surface area contributed by atoms with Gasteiger partial charge in [-0.05, 0) is 19.1 Å². The van der Waals surface area contributed by atoms with Gasteiger partial charge in [-0.2, -0.15) is 0 Å². The standard InChI is InChI=1S/C11H13NO4/c1-7(8(2)13)10-5-4-9(16-3)6-11(10)12(14)15/h4-7H,1-3H3. The van der Waals surface area contributed by atoms with Gasteiger partial charge in [0.05, 0.1) is 18.1 Å². The lowest BCUT2D eigenvalue weighted by Crippen LogP contribution is -2.07. The van der Waals surface area contributed by atoms with Crippen LogP contribution in [0.3, 0.4) is 0 Å². The summed E-state index contributed by atoms with van der Waals surface area (Å²) in [5.74, 6) is -0.175. The smallest absolute Gasteiger partial charge is 0.277 e. The van der Waals surface area contributed by atoms with E-state index in [0.29, 0.717) is 11.3 Å². The van der Waals surface area contributed by atoms with Gasteiger partial charge in [0.15, 0.2) is 0 Å². The number of nitro groups is 1. The summed E-state index contributed by atoms with van der Waals surface area (Å²) in [4.78, 5) is 21.6. The summed E-state index contributed by atoms with van der Waals surface area (Å²) in [5.41, 5.74) is 0.334. The quantitative estimate of drug-likeness (QED) is 0.580. The summed E-state index contributed by atoms with van der Waals surface area (Å²) in [6.07, 6.45) is 0. The summed E-state index contributed by atoms with van der Waals surface area (Å²) >= 11 is 0. The number of carbonyl (C=O) groups excluding carboxylic acids is 1. The van der Waals surface area contributed by atoms with Crippen molar-refractivity contribution in [3.63, 3.8) is 0 Å². The molecule has 0 aliphatic heterocycles. The fraction of sp³-hybridized carbons (Fsp3) is 0.364. The normalized spacial score (nSPS) is 11.9. The van der Waals surface area contributed by atoms with E-state index in [2.05, 4.69) is 0 Å². The Morgan fingerprint density at radius 1 is 1.50 bits per heavy atom. The molecule has 0 aliphatic rings. The molecule has 0 saturated carbocycles. The molecule has 0 bridgehead atoms. The Balaban J connectivity index is 3.28. The van der Waals surface area contributed by atoms with Gasteiger partial charge in [0.1, 0.15) is 11.5 Å². The lowest BCUT2D eigenvalue weighted by atomic mass is 9.96. The molecule has 1 aromatic rings. The third kappa shape index (κ3) is 2.36. The van der Waals surface area contributed by atoms with Gasteiger partial charge in [-0.3, -0.25) is 14.9 Å². The maximum atomic E-state index is 11.2. The molecule has 5 nitrogen and oxygen atoms in total. The molecule has 0 saturated heterocycles. The van der Waals surface area contributed by atoms with Crippen LogP contribution >= 0.6 is 0 Å². The number of ether oxygens (including phenoxy) is 1. The van der Waals surface area contributed by atoms with Crippen molar-refractivity contribution < 1.29 is 14.5 Å². The summed E-state index contributed by atoms with van der Waals surface area (Å²) < 4.78 is 4.91. The zero-order valence-electron chi connectivity index (χ0n) is 9.39. The molecule has 1 atom stereocenters. The maximum absolute atomic E-state index is 11.2. The Kier molecular flexibility index (Phi) is 3.60. The minimum atomic E-state index is -0.503. The number of rotatable bonds is 4. The molecule has 0 aromatic heterocycles. The molecule has 0 heterocycles. The summed E-state index contributed by atoms with van der Waals surface area (Å²) in [7, 11) is 1.44. The minimum absolute atomic E-state index is 0.0814. The second kappa shape index (κ2) is 4.74. The predicted molar refractivity (Wildman–Crippen MR) is 58.7 cm³/mol. The average Bonchev–Trinajstić information content (AvgIpc) is 2.26. The molecular formula is C11H13NO4. The monoisotopic (exact) mass is 223 g/mol. The molecule has 0 spiro atoms.